The Kier molecular flexibility index (Phi) is 5.86. The summed E-state index contributed by atoms with van der Waals surface area (Å²) in [5, 5.41) is 21.7. The Labute approximate surface area is 202 Å². The van der Waals surface area contributed by atoms with Crippen molar-refractivity contribution in [2.75, 3.05) is 5.32 Å². The monoisotopic (exact) mass is 487 g/mol. The highest BCUT2D eigenvalue weighted by Crippen LogP contribution is 2.33. The van der Waals surface area contributed by atoms with Crippen LogP contribution in [-0.2, 0) is 11.3 Å². The van der Waals surface area contributed by atoms with Gasteiger partial charge in [-0.05, 0) is 35.4 Å². The van der Waals surface area contributed by atoms with E-state index in [0.29, 0.717) is 33.8 Å². The molecule has 1 aliphatic heterocycles. The second-order valence-corrected chi connectivity index (χ2v) is 7.99. The Morgan fingerprint density at radius 3 is 2.61 bits per heavy atom. The second-order valence-electron chi connectivity index (χ2n) is 7.99. The van der Waals surface area contributed by atoms with Crippen LogP contribution < -0.4 is 16.0 Å². The van der Waals surface area contributed by atoms with Crippen LogP contribution in [0.3, 0.4) is 0 Å². The fourth-order valence-corrected chi connectivity index (χ4v) is 3.73. The molecule has 0 unspecified atom stereocenters. The molecule has 2 aromatic heterocycles. The lowest BCUT2D eigenvalue weighted by Crippen LogP contribution is -2.33. The van der Waals surface area contributed by atoms with E-state index < -0.39 is 23.8 Å². The Morgan fingerprint density at radius 1 is 1.06 bits per heavy atom. The van der Waals surface area contributed by atoms with Gasteiger partial charge in [0.2, 0.25) is 5.82 Å². The number of aromatic amines is 1. The minimum absolute atomic E-state index is 0.0324. The number of nitrogens with one attached hydrogen (secondary N) is 4. The van der Waals surface area contributed by atoms with Gasteiger partial charge in [0, 0.05) is 29.4 Å². The average Bonchev–Trinajstić information content (AvgIpc) is 3.52. The molecular formula is C23H18FN9O3. The van der Waals surface area contributed by atoms with Gasteiger partial charge in [-0.25, -0.2) is 14.4 Å². The summed E-state index contributed by atoms with van der Waals surface area (Å²) >= 11 is 0. The number of aryl methyl sites for hydroxylation is 1. The zero-order valence-corrected chi connectivity index (χ0v) is 18.7. The maximum atomic E-state index is 13.4. The molecule has 0 bridgehead atoms. The molecule has 0 radical (unpaired) electrons. The number of hydrogen-bond acceptors (Lipinski definition) is 8. The Morgan fingerprint density at radius 2 is 1.86 bits per heavy atom. The number of carbonyl (C=O) groups excluding carboxylic acids is 3. The van der Waals surface area contributed by atoms with E-state index in [2.05, 4.69) is 46.5 Å². The van der Waals surface area contributed by atoms with Gasteiger partial charge >= 0.3 is 0 Å². The van der Waals surface area contributed by atoms with Crippen LogP contribution in [0, 0.1) is 12.7 Å². The van der Waals surface area contributed by atoms with E-state index >= 15 is 0 Å². The topological polar surface area (TPSA) is 168 Å². The number of tetrazole rings is 1. The molecule has 0 saturated heterocycles. The highest BCUT2D eigenvalue weighted by molar-refractivity contribution is 6.06. The van der Waals surface area contributed by atoms with Crippen LogP contribution in [0.15, 0.2) is 48.8 Å². The summed E-state index contributed by atoms with van der Waals surface area (Å²) in [5.41, 5.74) is 2.76. The van der Waals surface area contributed by atoms with Crippen LogP contribution in [0.1, 0.15) is 43.7 Å². The average molecular weight is 487 g/mol. The lowest BCUT2D eigenvalue weighted by molar-refractivity contribution is -0.117. The van der Waals surface area contributed by atoms with E-state index in [4.69, 9.17) is 0 Å². The summed E-state index contributed by atoms with van der Waals surface area (Å²) in [4.78, 5) is 45.8. The van der Waals surface area contributed by atoms with Gasteiger partial charge in [-0.15, -0.1) is 10.2 Å². The number of amides is 3. The van der Waals surface area contributed by atoms with E-state index in [0.717, 1.165) is 6.33 Å². The van der Waals surface area contributed by atoms with Gasteiger partial charge in [-0.1, -0.05) is 24.3 Å². The first-order valence-corrected chi connectivity index (χ1v) is 10.7. The highest BCUT2D eigenvalue weighted by atomic mass is 19.1. The molecule has 12 nitrogen and oxygen atoms in total. The molecule has 1 aliphatic rings. The summed E-state index contributed by atoms with van der Waals surface area (Å²) in [6.07, 6.45) is 1.09. The lowest BCUT2D eigenvalue weighted by Gasteiger charge is -2.12. The lowest BCUT2D eigenvalue weighted by atomic mass is 10.0. The molecule has 2 aromatic carbocycles. The predicted octanol–water partition coefficient (Wildman–Crippen LogP) is 1.46. The Hall–Kier alpha value is -5.07. The fourth-order valence-electron chi connectivity index (χ4n) is 3.73. The molecule has 0 aliphatic carbocycles. The number of nitrogens with zero attached hydrogens (tertiary/aromatic N) is 5. The predicted molar refractivity (Wildman–Crippen MR) is 123 cm³/mol. The van der Waals surface area contributed by atoms with E-state index in [-0.39, 0.29) is 23.7 Å². The van der Waals surface area contributed by atoms with Gasteiger partial charge in [0.25, 0.3) is 17.7 Å². The molecule has 5 rings (SSSR count). The quantitative estimate of drug-likeness (QED) is 0.317. The molecule has 3 heterocycles. The first-order valence-electron chi connectivity index (χ1n) is 10.7. The smallest absolute Gasteiger partial charge is 0.270 e. The molecule has 36 heavy (non-hydrogen) atoms. The van der Waals surface area contributed by atoms with Crippen molar-refractivity contribution in [1.82, 2.24) is 41.2 Å². The number of aromatic nitrogens is 6. The summed E-state index contributed by atoms with van der Waals surface area (Å²) < 4.78 is 13.4. The number of rotatable bonds is 6. The molecule has 13 heteroatoms. The number of anilines is 1. The van der Waals surface area contributed by atoms with Crippen LogP contribution >= 0.6 is 0 Å². The van der Waals surface area contributed by atoms with Crippen LogP contribution in [0.2, 0.25) is 0 Å². The first kappa shape index (κ1) is 22.7. The number of halogens is 1. The highest BCUT2D eigenvalue weighted by Gasteiger charge is 2.33. The minimum atomic E-state index is -0.958. The van der Waals surface area contributed by atoms with E-state index in [9.17, 15) is 18.8 Å². The van der Waals surface area contributed by atoms with Gasteiger partial charge < -0.3 is 16.0 Å². The van der Waals surface area contributed by atoms with Gasteiger partial charge in [0.15, 0.2) is 0 Å². The van der Waals surface area contributed by atoms with Crippen LogP contribution in [0.25, 0.3) is 11.4 Å². The van der Waals surface area contributed by atoms with Crippen molar-refractivity contribution in [2.45, 2.75) is 19.5 Å². The van der Waals surface area contributed by atoms with Crippen molar-refractivity contribution >= 4 is 23.4 Å². The molecule has 0 fully saturated rings. The van der Waals surface area contributed by atoms with Crippen LogP contribution in [0.4, 0.5) is 10.1 Å². The third-order valence-electron chi connectivity index (χ3n) is 5.57. The molecule has 4 aromatic rings. The fraction of sp³-hybridized carbons (Fsp3) is 0.130. The van der Waals surface area contributed by atoms with Crippen molar-refractivity contribution in [1.29, 1.82) is 0 Å². The number of hydrogen-bond donors (Lipinski definition) is 4. The summed E-state index contributed by atoms with van der Waals surface area (Å²) in [5.74, 6) is -1.59. The zero-order valence-electron chi connectivity index (χ0n) is 18.7. The second kappa shape index (κ2) is 9.29. The van der Waals surface area contributed by atoms with Crippen molar-refractivity contribution in [3.05, 3.63) is 82.7 Å². The van der Waals surface area contributed by atoms with Crippen molar-refractivity contribution in [3.8, 4) is 11.4 Å². The van der Waals surface area contributed by atoms with Gasteiger partial charge in [0.1, 0.15) is 29.6 Å². The standard InChI is InChI=1S/C23H18FN9O3/c1-11-6-12(2-5-15(11)24)9-25-21(34)17-8-18(27-10-26-17)22(35)29-19-14-4-3-13(20-30-32-33-31-20)7-16(14)28-23(19)36/h2-8,10,19H,9H2,1H3,(H,25,34)(H,28,36)(H,29,35)(H,30,31,32,33)/t19-/m0/s1. The summed E-state index contributed by atoms with van der Waals surface area (Å²) in [6, 6.07) is 9.86. The maximum absolute atomic E-state index is 13.4. The van der Waals surface area contributed by atoms with Crippen molar-refractivity contribution < 1.29 is 18.8 Å². The first-order chi connectivity index (χ1) is 17.4. The van der Waals surface area contributed by atoms with E-state index in [1.807, 2.05) is 0 Å². The van der Waals surface area contributed by atoms with E-state index in [1.165, 1.54) is 12.1 Å². The molecule has 3 amide bonds. The van der Waals surface area contributed by atoms with Gasteiger partial charge in [0.05, 0.1) is 0 Å². The summed E-state index contributed by atoms with van der Waals surface area (Å²) in [6.45, 7) is 1.78. The third-order valence-corrected chi connectivity index (χ3v) is 5.57. The number of fused-ring (bicyclic) bond motifs is 1. The molecule has 1 atom stereocenters. The number of carbonyl (C=O) groups is 3. The minimum Gasteiger partial charge on any atom is -0.347 e. The van der Waals surface area contributed by atoms with E-state index in [1.54, 1.807) is 37.3 Å². The SMILES string of the molecule is Cc1cc(CNC(=O)c2cc(C(=O)N[C@@H]3C(=O)Nc4cc(-c5nn[nH]n5)ccc43)ncn2)ccc1F. The molecular weight excluding hydrogens is 469 g/mol. The van der Waals surface area contributed by atoms with Gasteiger partial charge in [-0.2, -0.15) is 5.21 Å². The van der Waals surface area contributed by atoms with Gasteiger partial charge in [-0.3, -0.25) is 14.4 Å². The number of benzene rings is 2. The summed E-state index contributed by atoms with van der Waals surface area (Å²) in [7, 11) is 0. The molecule has 0 spiro atoms. The Balaban J connectivity index is 1.27. The molecule has 180 valence electrons. The van der Waals surface area contributed by atoms with Crippen LogP contribution in [-0.4, -0.2) is 48.3 Å². The van der Waals surface area contributed by atoms with Crippen molar-refractivity contribution in [2.24, 2.45) is 0 Å². The third kappa shape index (κ3) is 4.49. The molecule has 0 saturated carbocycles. The van der Waals surface area contributed by atoms with Crippen LogP contribution in [0.5, 0.6) is 0 Å². The normalized spacial score (nSPS) is 14.2. The molecule has 4 N–H and O–H groups in total. The zero-order chi connectivity index (χ0) is 25.2. The maximum Gasteiger partial charge on any atom is 0.270 e. The Bertz CT molecular complexity index is 1490. The number of H-pyrrole nitrogens is 1. The van der Waals surface area contributed by atoms with Crippen molar-refractivity contribution in [3.63, 3.8) is 0 Å². The largest absolute Gasteiger partial charge is 0.347 e.